The Morgan fingerprint density at radius 1 is 0.313 bits per heavy atom. The molecule has 0 N–H and O–H groups in total. The van der Waals surface area contributed by atoms with Crippen LogP contribution in [0.3, 0.4) is 0 Å². The van der Waals surface area contributed by atoms with E-state index in [1.165, 1.54) is 75.5 Å². The van der Waals surface area contributed by atoms with Crippen molar-refractivity contribution >= 4 is 81.3 Å². The minimum atomic E-state index is 0.852. The second-order valence-electron chi connectivity index (χ2n) is 17.3. The first kappa shape index (κ1) is 38.9. The largest absolute Gasteiger partial charge is 0.456 e. The summed E-state index contributed by atoms with van der Waals surface area (Å²) in [5, 5.41) is 7.17. The average molecular weight is 872 g/mol. The van der Waals surface area contributed by atoms with Gasteiger partial charge in [0.05, 0.1) is 5.69 Å². The molecule has 0 fully saturated rings. The number of hydrogen-bond acceptors (Lipinski definition) is 3. The number of thiophene rings is 1. The molecule has 314 valence electrons. The van der Waals surface area contributed by atoms with Crippen molar-refractivity contribution in [2.45, 2.75) is 0 Å². The first-order valence-corrected chi connectivity index (χ1v) is 23.6. The molecular formula is C64H41NOS. The lowest BCUT2D eigenvalue weighted by atomic mass is 9.97. The van der Waals surface area contributed by atoms with Gasteiger partial charge in [-0.2, -0.15) is 0 Å². The second-order valence-corrected chi connectivity index (χ2v) is 18.3. The van der Waals surface area contributed by atoms with Crippen LogP contribution in [0.15, 0.2) is 253 Å². The number of hydrogen-bond donors (Lipinski definition) is 0. The molecule has 0 bridgehead atoms. The van der Waals surface area contributed by atoms with Crippen molar-refractivity contribution in [1.29, 1.82) is 0 Å². The summed E-state index contributed by atoms with van der Waals surface area (Å²) in [6.07, 6.45) is 0. The molecule has 0 saturated heterocycles. The quantitative estimate of drug-likeness (QED) is 0.151. The minimum absolute atomic E-state index is 0.852. The fraction of sp³-hybridized carbons (Fsp3) is 0. The Bertz CT molecular complexity index is 3950. The van der Waals surface area contributed by atoms with Gasteiger partial charge in [0, 0.05) is 48.4 Å². The number of fused-ring (bicyclic) bond motifs is 7. The zero-order chi connectivity index (χ0) is 44.3. The first-order chi connectivity index (χ1) is 33.2. The Labute approximate surface area is 392 Å². The number of benzene rings is 11. The lowest BCUT2D eigenvalue weighted by Crippen LogP contribution is -2.10. The third kappa shape index (κ3) is 6.96. The molecule has 0 radical (unpaired) electrons. The number of furan rings is 1. The first-order valence-electron chi connectivity index (χ1n) is 22.8. The third-order valence-corrected chi connectivity index (χ3v) is 14.5. The molecule has 2 aromatic heterocycles. The Hall–Kier alpha value is -8.50. The Kier molecular flexibility index (Phi) is 9.40. The fourth-order valence-corrected chi connectivity index (χ4v) is 11.2. The summed E-state index contributed by atoms with van der Waals surface area (Å²) in [5.41, 5.74) is 16.9. The van der Waals surface area contributed by atoms with Gasteiger partial charge in [-0.05, 0) is 121 Å². The SMILES string of the molecule is c1ccc(-c2ccc3c(c2)oc2cc(N(c4ccc(-c5ccc(-c6ccc7ccccc7c6)cc5)cc4)c4ccc(-c5ccccc5)c5sc6cc(-c7ccccc7)ccc6c45)ccc23)cc1. The van der Waals surface area contributed by atoms with Crippen molar-refractivity contribution in [2.24, 2.45) is 0 Å². The van der Waals surface area contributed by atoms with E-state index in [0.717, 1.165) is 50.1 Å². The smallest absolute Gasteiger partial charge is 0.137 e. The van der Waals surface area contributed by atoms with Crippen LogP contribution >= 0.6 is 11.3 Å². The molecule has 13 aromatic rings. The monoisotopic (exact) mass is 871 g/mol. The molecule has 0 aliphatic heterocycles. The van der Waals surface area contributed by atoms with Gasteiger partial charge >= 0.3 is 0 Å². The average Bonchev–Trinajstić information content (AvgIpc) is 3.98. The number of anilines is 3. The molecule has 13 rings (SSSR count). The molecule has 0 aliphatic rings. The van der Waals surface area contributed by atoms with Crippen molar-refractivity contribution in [3.63, 3.8) is 0 Å². The highest BCUT2D eigenvalue weighted by atomic mass is 32.1. The lowest BCUT2D eigenvalue weighted by molar-refractivity contribution is 0.669. The summed E-state index contributed by atoms with van der Waals surface area (Å²) in [6.45, 7) is 0. The predicted molar refractivity (Wildman–Crippen MR) is 286 cm³/mol. The molecule has 2 nitrogen and oxygen atoms in total. The van der Waals surface area contributed by atoms with Crippen molar-refractivity contribution in [3.8, 4) is 55.6 Å². The molecule has 0 amide bonds. The molecule has 11 aromatic carbocycles. The molecule has 0 unspecified atom stereocenters. The number of rotatable bonds is 8. The van der Waals surface area contributed by atoms with Crippen LogP contribution in [-0.4, -0.2) is 0 Å². The van der Waals surface area contributed by atoms with Crippen LogP contribution in [0.2, 0.25) is 0 Å². The van der Waals surface area contributed by atoms with Gasteiger partial charge in [0.2, 0.25) is 0 Å². The lowest BCUT2D eigenvalue weighted by Gasteiger charge is -2.27. The maximum absolute atomic E-state index is 6.77. The maximum Gasteiger partial charge on any atom is 0.137 e. The Balaban J connectivity index is 0.966. The molecule has 3 heteroatoms. The molecule has 67 heavy (non-hydrogen) atoms. The molecule has 0 aliphatic carbocycles. The highest BCUT2D eigenvalue weighted by molar-refractivity contribution is 7.26. The normalized spacial score (nSPS) is 11.6. The Morgan fingerprint density at radius 2 is 0.791 bits per heavy atom. The molecule has 0 spiro atoms. The standard InChI is InChI=1S/C64H41NOS/c1-4-12-42(13-5-1)51-28-33-56-57-35-32-54(41-61(57)66-60(56)39-51)65(53-30-26-46(27-31-53)45-20-22-47(23-21-45)50-25-24-44-16-10-11-19-49(44)38-50)59-37-36-55(48-17-8-3-9-18-48)64-63(59)58-34-29-52(40-62(58)67-64)43-14-6-2-7-15-43/h1-41H. The highest BCUT2D eigenvalue weighted by Gasteiger charge is 2.23. The van der Waals surface area contributed by atoms with E-state index in [-0.39, 0.29) is 0 Å². The predicted octanol–water partition coefficient (Wildman–Crippen LogP) is 18.9. The van der Waals surface area contributed by atoms with Gasteiger partial charge in [-0.3, -0.25) is 0 Å². The van der Waals surface area contributed by atoms with Crippen molar-refractivity contribution in [2.75, 3.05) is 4.90 Å². The third-order valence-electron chi connectivity index (χ3n) is 13.3. The van der Waals surface area contributed by atoms with Gasteiger partial charge in [0.1, 0.15) is 11.2 Å². The van der Waals surface area contributed by atoms with E-state index in [1.807, 2.05) is 11.3 Å². The van der Waals surface area contributed by atoms with Crippen molar-refractivity contribution < 1.29 is 4.42 Å². The van der Waals surface area contributed by atoms with Crippen LogP contribution < -0.4 is 4.90 Å². The summed E-state index contributed by atoms with van der Waals surface area (Å²) >= 11 is 1.87. The summed E-state index contributed by atoms with van der Waals surface area (Å²) in [4.78, 5) is 2.42. The number of nitrogens with zero attached hydrogens (tertiary/aromatic N) is 1. The van der Waals surface area contributed by atoms with Crippen LogP contribution in [0.1, 0.15) is 0 Å². The Morgan fingerprint density at radius 3 is 1.48 bits per heavy atom. The van der Waals surface area contributed by atoms with Gasteiger partial charge in [0.25, 0.3) is 0 Å². The van der Waals surface area contributed by atoms with Crippen molar-refractivity contribution in [3.05, 3.63) is 249 Å². The van der Waals surface area contributed by atoms with Gasteiger partial charge in [-0.25, -0.2) is 0 Å². The van der Waals surface area contributed by atoms with Crippen LogP contribution in [0, 0.1) is 0 Å². The van der Waals surface area contributed by atoms with Crippen LogP contribution in [-0.2, 0) is 0 Å². The topological polar surface area (TPSA) is 16.4 Å². The summed E-state index contributed by atoms with van der Waals surface area (Å²) in [7, 11) is 0. The van der Waals surface area contributed by atoms with E-state index < -0.39 is 0 Å². The van der Waals surface area contributed by atoms with Crippen LogP contribution in [0.5, 0.6) is 0 Å². The summed E-state index contributed by atoms with van der Waals surface area (Å²) < 4.78 is 9.28. The molecule has 0 saturated carbocycles. The van der Waals surface area contributed by atoms with E-state index in [9.17, 15) is 0 Å². The van der Waals surface area contributed by atoms with Gasteiger partial charge in [-0.1, -0.05) is 188 Å². The zero-order valence-electron chi connectivity index (χ0n) is 36.4. The minimum Gasteiger partial charge on any atom is -0.456 e. The molecule has 2 heterocycles. The van der Waals surface area contributed by atoms with E-state index in [4.69, 9.17) is 4.42 Å². The van der Waals surface area contributed by atoms with Gasteiger partial charge in [0.15, 0.2) is 0 Å². The van der Waals surface area contributed by atoms with Crippen LogP contribution in [0.25, 0.3) is 109 Å². The van der Waals surface area contributed by atoms with Crippen LogP contribution in [0.4, 0.5) is 17.1 Å². The highest BCUT2D eigenvalue weighted by Crippen LogP contribution is 2.50. The van der Waals surface area contributed by atoms with E-state index in [2.05, 4.69) is 254 Å². The van der Waals surface area contributed by atoms with Gasteiger partial charge < -0.3 is 9.32 Å². The van der Waals surface area contributed by atoms with Crippen molar-refractivity contribution in [1.82, 2.24) is 0 Å². The van der Waals surface area contributed by atoms with Gasteiger partial charge in [-0.15, -0.1) is 11.3 Å². The van der Waals surface area contributed by atoms with E-state index >= 15 is 0 Å². The van der Waals surface area contributed by atoms with E-state index in [0.29, 0.717) is 0 Å². The maximum atomic E-state index is 6.77. The molecule has 0 atom stereocenters. The summed E-state index contributed by atoms with van der Waals surface area (Å²) in [6, 6.07) is 90.1. The molecular weight excluding hydrogens is 831 g/mol. The zero-order valence-corrected chi connectivity index (χ0v) is 37.3. The van der Waals surface area contributed by atoms with E-state index in [1.54, 1.807) is 0 Å². The summed E-state index contributed by atoms with van der Waals surface area (Å²) in [5.74, 6) is 0. The fourth-order valence-electron chi connectivity index (χ4n) is 9.87. The second kappa shape index (κ2) is 16.2.